The molecule has 0 bridgehead atoms. The van der Waals surface area contributed by atoms with E-state index in [0.29, 0.717) is 5.56 Å². The summed E-state index contributed by atoms with van der Waals surface area (Å²) >= 11 is 0. The molecule has 0 radical (unpaired) electrons. The highest BCUT2D eigenvalue weighted by Gasteiger charge is 2.63. The number of amides is 2. The van der Waals surface area contributed by atoms with Gasteiger partial charge in [-0.15, -0.1) is 0 Å². The van der Waals surface area contributed by atoms with E-state index in [1.807, 2.05) is 30.6 Å². The third kappa shape index (κ3) is 2.96. The Labute approximate surface area is 220 Å². The van der Waals surface area contributed by atoms with Crippen LogP contribution in [0.3, 0.4) is 0 Å². The van der Waals surface area contributed by atoms with E-state index in [0.717, 1.165) is 9.47 Å². The first kappa shape index (κ1) is 24.0. The fraction of sp³-hybridized carbons (Fsp3) is 0.103. The van der Waals surface area contributed by atoms with Gasteiger partial charge in [-0.05, 0) is 23.6 Å². The lowest BCUT2D eigenvalue weighted by molar-refractivity contribution is -0.378. The number of nitrogens with one attached hydrogen (secondary N) is 1. The SMILES string of the molecule is CC(=O)N1C(=O)C2(C3=C(C(=O)OC3=O)c3c([O-])n(C(C)=O)c4cccc2c34)c2ccccc21.c1cc[nH+]cc1. The van der Waals surface area contributed by atoms with Gasteiger partial charge in [-0.1, -0.05) is 36.4 Å². The van der Waals surface area contributed by atoms with Crippen LogP contribution in [0.15, 0.2) is 78.6 Å². The summed E-state index contributed by atoms with van der Waals surface area (Å²) in [7, 11) is 0. The van der Waals surface area contributed by atoms with Crippen molar-refractivity contribution in [2.24, 2.45) is 0 Å². The molecular weight excluding hydrogens is 502 g/mol. The second kappa shape index (κ2) is 8.32. The number of cyclic esters (lactones) is 2. The fourth-order valence-corrected chi connectivity index (χ4v) is 5.80. The summed E-state index contributed by atoms with van der Waals surface area (Å²) in [5, 5.41) is 13.5. The number of para-hydroxylation sites is 1. The van der Waals surface area contributed by atoms with Crippen LogP contribution < -0.4 is 15.0 Å². The van der Waals surface area contributed by atoms with Gasteiger partial charge in [0.15, 0.2) is 12.4 Å². The van der Waals surface area contributed by atoms with Crippen LogP contribution in [-0.4, -0.2) is 34.2 Å². The molecule has 1 atom stereocenters. The number of hydrogen-bond acceptors (Lipinski definition) is 7. The van der Waals surface area contributed by atoms with Crippen LogP contribution in [0.25, 0.3) is 16.5 Å². The number of aromatic nitrogens is 2. The average Bonchev–Trinajstić information content (AvgIpc) is 3.48. The van der Waals surface area contributed by atoms with Crippen molar-refractivity contribution < 1.29 is 38.8 Å². The summed E-state index contributed by atoms with van der Waals surface area (Å²) in [6.07, 6.45) is 3.75. The van der Waals surface area contributed by atoms with Gasteiger partial charge in [0.05, 0.1) is 22.4 Å². The van der Waals surface area contributed by atoms with Gasteiger partial charge in [0, 0.05) is 42.5 Å². The minimum atomic E-state index is -1.89. The highest BCUT2D eigenvalue weighted by molar-refractivity contribution is 6.41. The van der Waals surface area contributed by atoms with Gasteiger partial charge in [-0.3, -0.25) is 19.0 Å². The van der Waals surface area contributed by atoms with E-state index in [1.54, 1.807) is 36.4 Å². The van der Waals surface area contributed by atoms with Crippen LogP contribution in [0, 0.1) is 0 Å². The van der Waals surface area contributed by atoms with E-state index in [-0.39, 0.29) is 38.9 Å². The summed E-state index contributed by atoms with van der Waals surface area (Å²) in [4.78, 5) is 68.7. The van der Waals surface area contributed by atoms with Crippen LogP contribution >= 0.6 is 0 Å². The maximum absolute atomic E-state index is 14.1. The zero-order chi connectivity index (χ0) is 27.6. The smallest absolute Gasteiger partial charge is 0.347 e. The highest BCUT2D eigenvalue weighted by atomic mass is 16.6. The number of H-pyrrole nitrogens is 1. The van der Waals surface area contributed by atoms with Crippen molar-refractivity contribution in [1.29, 1.82) is 0 Å². The molecule has 2 aromatic carbocycles. The number of imide groups is 1. The number of nitrogens with zero attached hydrogens (tertiary/aromatic N) is 2. The molecule has 0 fully saturated rings. The fourth-order valence-electron chi connectivity index (χ4n) is 5.80. The monoisotopic (exact) mass is 521 g/mol. The van der Waals surface area contributed by atoms with Crippen molar-refractivity contribution in [1.82, 2.24) is 4.57 Å². The molecule has 192 valence electrons. The number of rotatable bonds is 0. The lowest BCUT2D eigenvalue weighted by Crippen LogP contribution is -2.46. The standard InChI is InChI=1S/C24H14N2O7.C5H5N/c1-10(27)25-15-9-5-7-13-16(15)17(20(25)29)18-19(22(31)33-21(18)30)24(13)12-6-3-4-8-14(12)26(11(2)28)23(24)32;1-2-4-6-5-3-1/h3-9,29H,1-2H3;1-5H. The number of ether oxygens (including phenoxy) is 1. The number of pyridine rings is 1. The molecule has 2 aliphatic heterocycles. The normalized spacial score (nSPS) is 18.6. The van der Waals surface area contributed by atoms with Gasteiger partial charge in [-0.2, -0.15) is 0 Å². The van der Waals surface area contributed by atoms with Crippen molar-refractivity contribution in [3.63, 3.8) is 0 Å². The first-order chi connectivity index (χ1) is 18.7. The van der Waals surface area contributed by atoms with Crippen LogP contribution in [0.1, 0.15) is 35.3 Å². The molecule has 0 saturated carbocycles. The summed E-state index contributed by atoms with van der Waals surface area (Å²) in [6.45, 7) is 2.42. The van der Waals surface area contributed by atoms with E-state index in [1.165, 1.54) is 19.9 Å². The third-order valence-corrected chi connectivity index (χ3v) is 7.13. The van der Waals surface area contributed by atoms with Crippen molar-refractivity contribution in [3.05, 3.63) is 95.3 Å². The predicted molar refractivity (Wildman–Crippen MR) is 134 cm³/mol. The largest absolute Gasteiger partial charge is 0.859 e. The molecule has 1 aliphatic carbocycles. The first-order valence-electron chi connectivity index (χ1n) is 12.0. The Morgan fingerprint density at radius 2 is 1.54 bits per heavy atom. The van der Waals surface area contributed by atoms with Gasteiger partial charge in [0.2, 0.25) is 11.8 Å². The Bertz CT molecular complexity index is 1790. The molecule has 39 heavy (non-hydrogen) atoms. The molecule has 7 rings (SSSR count). The molecule has 10 heteroatoms. The number of benzene rings is 2. The zero-order valence-corrected chi connectivity index (χ0v) is 20.7. The van der Waals surface area contributed by atoms with Gasteiger partial charge in [-0.25, -0.2) is 19.5 Å². The predicted octanol–water partition coefficient (Wildman–Crippen LogP) is 1.91. The Hall–Kier alpha value is -5.38. The number of fused-ring (bicyclic) bond motifs is 5. The topological polar surface area (TPSA) is 140 Å². The quantitative estimate of drug-likeness (QED) is 0.254. The zero-order valence-electron chi connectivity index (χ0n) is 20.7. The van der Waals surface area contributed by atoms with E-state index >= 15 is 0 Å². The summed E-state index contributed by atoms with van der Waals surface area (Å²) < 4.78 is 5.81. The second-order valence-electron chi connectivity index (χ2n) is 9.17. The Morgan fingerprint density at radius 1 is 0.846 bits per heavy atom. The lowest BCUT2D eigenvalue weighted by Gasteiger charge is -2.33. The van der Waals surface area contributed by atoms with Crippen LogP contribution in [0.2, 0.25) is 0 Å². The Balaban J connectivity index is 0.000000410. The molecule has 4 heterocycles. The Morgan fingerprint density at radius 3 is 2.15 bits per heavy atom. The number of carbonyl (C=O) groups excluding carboxylic acids is 5. The van der Waals surface area contributed by atoms with Crippen molar-refractivity contribution in [2.45, 2.75) is 19.3 Å². The summed E-state index contributed by atoms with van der Waals surface area (Å²) in [5.41, 5.74) is -1.69. The maximum atomic E-state index is 14.1. The van der Waals surface area contributed by atoms with Crippen molar-refractivity contribution in [3.8, 4) is 5.88 Å². The van der Waals surface area contributed by atoms with E-state index < -0.39 is 41.0 Å². The van der Waals surface area contributed by atoms with E-state index in [9.17, 15) is 29.1 Å². The molecule has 10 nitrogen and oxygen atoms in total. The number of esters is 2. The molecule has 1 unspecified atom stereocenters. The molecule has 1 spiro atoms. The molecule has 2 aromatic heterocycles. The first-order valence-corrected chi connectivity index (χ1v) is 12.0. The highest BCUT2D eigenvalue weighted by Crippen LogP contribution is 2.60. The lowest BCUT2D eigenvalue weighted by atomic mass is 9.64. The van der Waals surface area contributed by atoms with Gasteiger partial charge >= 0.3 is 11.9 Å². The van der Waals surface area contributed by atoms with Crippen LogP contribution in [0.4, 0.5) is 5.69 Å². The number of carbonyl (C=O) groups is 5. The maximum Gasteiger partial charge on any atom is 0.347 e. The van der Waals surface area contributed by atoms with Gasteiger partial charge in [0.1, 0.15) is 5.41 Å². The van der Waals surface area contributed by atoms with Crippen molar-refractivity contribution >= 4 is 51.8 Å². The summed E-state index contributed by atoms with van der Waals surface area (Å²) in [6, 6.07) is 17.0. The number of hydrogen-bond donors (Lipinski definition) is 0. The van der Waals surface area contributed by atoms with Crippen molar-refractivity contribution in [2.75, 3.05) is 4.90 Å². The van der Waals surface area contributed by atoms with E-state index in [4.69, 9.17) is 4.74 Å². The second-order valence-corrected chi connectivity index (χ2v) is 9.17. The molecule has 1 N–H and O–H groups in total. The van der Waals surface area contributed by atoms with Crippen LogP contribution in [0.5, 0.6) is 5.88 Å². The number of anilines is 1. The van der Waals surface area contributed by atoms with Gasteiger partial charge in [0.25, 0.3) is 5.91 Å². The molecule has 0 saturated heterocycles. The van der Waals surface area contributed by atoms with E-state index in [2.05, 4.69) is 4.98 Å². The summed E-state index contributed by atoms with van der Waals surface area (Å²) in [5.74, 6) is -4.84. The number of aromatic amines is 1. The minimum Gasteiger partial charge on any atom is -0.859 e. The molecule has 3 aliphatic rings. The average molecular weight is 521 g/mol. The van der Waals surface area contributed by atoms with Crippen LogP contribution in [-0.2, 0) is 29.3 Å². The minimum absolute atomic E-state index is 0.154. The molecule has 2 amide bonds. The Kier molecular flexibility index (Phi) is 5.12. The molecule has 4 aromatic rings. The molecular formula is C29H19N3O7. The van der Waals surface area contributed by atoms with Gasteiger partial charge < -0.3 is 9.84 Å². The third-order valence-electron chi connectivity index (χ3n) is 7.13.